The second-order valence-corrected chi connectivity index (χ2v) is 2.86. The van der Waals surface area contributed by atoms with E-state index in [4.69, 9.17) is 5.73 Å². The first-order valence-corrected chi connectivity index (χ1v) is 4.27. The number of alkyl halides is 2. The van der Waals surface area contributed by atoms with Crippen LogP contribution in [-0.2, 0) is 11.3 Å². The van der Waals surface area contributed by atoms with E-state index < -0.39 is 29.6 Å². The van der Waals surface area contributed by atoms with Crippen LogP contribution in [-0.4, -0.2) is 18.1 Å². The van der Waals surface area contributed by atoms with Gasteiger partial charge < -0.3 is 10.5 Å². The molecule has 1 rings (SSSR count). The second-order valence-electron chi connectivity index (χ2n) is 2.86. The van der Waals surface area contributed by atoms with Crippen molar-refractivity contribution >= 4 is 5.97 Å². The molecular weight excluding hydrogens is 225 g/mol. The van der Waals surface area contributed by atoms with Gasteiger partial charge in [0.1, 0.15) is 0 Å². The van der Waals surface area contributed by atoms with Crippen molar-refractivity contribution in [3.8, 4) is 0 Å². The number of nitrogens with zero attached hydrogens (tertiary/aromatic N) is 1. The van der Waals surface area contributed by atoms with E-state index in [2.05, 4.69) is 9.72 Å². The smallest absolute Gasteiger partial charge is 0.357 e. The number of nitrogens with two attached hydrogens (primary N) is 1. The lowest BCUT2D eigenvalue weighted by Crippen LogP contribution is -2.15. The number of carbonyl (C=O) groups is 1. The van der Waals surface area contributed by atoms with Crippen LogP contribution in [0.25, 0.3) is 0 Å². The average Bonchev–Trinajstić information content (AvgIpc) is 2.26. The first-order chi connectivity index (χ1) is 7.51. The summed E-state index contributed by atoms with van der Waals surface area (Å²) in [6.45, 7) is -0.350. The summed E-state index contributed by atoms with van der Waals surface area (Å²) in [5.74, 6) is -2.17. The fraction of sp³-hybridized carbons (Fsp3) is 0.333. The molecule has 16 heavy (non-hydrogen) atoms. The molecular formula is C9H9F3N2O2. The van der Waals surface area contributed by atoms with Crippen molar-refractivity contribution in [2.45, 2.75) is 13.0 Å². The van der Waals surface area contributed by atoms with Crippen LogP contribution in [0.3, 0.4) is 0 Å². The summed E-state index contributed by atoms with van der Waals surface area (Å²) in [5, 5.41) is 0. The van der Waals surface area contributed by atoms with Crippen LogP contribution in [0.1, 0.15) is 28.0 Å². The van der Waals surface area contributed by atoms with Gasteiger partial charge in [-0.25, -0.2) is 18.6 Å². The quantitative estimate of drug-likeness (QED) is 0.634. The molecule has 0 atom stereocenters. The highest BCUT2D eigenvalue weighted by molar-refractivity contribution is 5.89. The Morgan fingerprint density at radius 1 is 1.62 bits per heavy atom. The van der Waals surface area contributed by atoms with Gasteiger partial charge in [-0.2, -0.15) is 4.39 Å². The third-order valence-electron chi connectivity index (χ3n) is 1.95. The third-order valence-corrected chi connectivity index (χ3v) is 1.95. The normalized spacial score (nSPS) is 10.6. The summed E-state index contributed by atoms with van der Waals surface area (Å²) in [5.41, 5.74) is 3.87. The van der Waals surface area contributed by atoms with Crippen LogP contribution in [0.4, 0.5) is 13.2 Å². The van der Waals surface area contributed by atoms with Gasteiger partial charge in [0.25, 0.3) is 6.43 Å². The van der Waals surface area contributed by atoms with Crippen molar-refractivity contribution in [1.82, 2.24) is 4.98 Å². The SMILES string of the molecule is COC(=O)c1nc(F)cc(C(F)F)c1CN. The largest absolute Gasteiger partial charge is 0.464 e. The van der Waals surface area contributed by atoms with Crippen LogP contribution in [0, 0.1) is 5.95 Å². The zero-order chi connectivity index (χ0) is 12.3. The second kappa shape index (κ2) is 4.93. The molecule has 2 N–H and O–H groups in total. The third kappa shape index (κ3) is 2.30. The topological polar surface area (TPSA) is 65.2 Å². The monoisotopic (exact) mass is 234 g/mol. The Morgan fingerprint density at radius 3 is 2.69 bits per heavy atom. The highest BCUT2D eigenvalue weighted by Gasteiger charge is 2.22. The van der Waals surface area contributed by atoms with E-state index in [1.165, 1.54) is 0 Å². The zero-order valence-corrected chi connectivity index (χ0v) is 8.34. The molecule has 7 heteroatoms. The summed E-state index contributed by atoms with van der Waals surface area (Å²) in [6.07, 6.45) is -2.93. The van der Waals surface area contributed by atoms with Gasteiger partial charge in [0.15, 0.2) is 5.69 Å². The molecule has 0 aliphatic rings. The summed E-state index contributed by atoms with van der Waals surface area (Å²) >= 11 is 0. The van der Waals surface area contributed by atoms with Crippen molar-refractivity contribution in [1.29, 1.82) is 0 Å². The molecule has 0 aromatic carbocycles. The lowest BCUT2D eigenvalue weighted by atomic mass is 10.1. The Kier molecular flexibility index (Phi) is 3.83. The number of carbonyl (C=O) groups excluding carboxylic acids is 1. The molecule has 1 aromatic heterocycles. The predicted octanol–water partition coefficient (Wildman–Crippen LogP) is 1.40. The van der Waals surface area contributed by atoms with Crippen molar-refractivity contribution < 1.29 is 22.7 Å². The summed E-state index contributed by atoms with van der Waals surface area (Å²) in [6, 6.07) is 0.555. The number of pyridine rings is 1. The molecule has 4 nitrogen and oxygen atoms in total. The van der Waals surface area contributed by atoms with Gasteiger partial charge in [-0.05, 0) is 0 Å². The van der Waals surface area contributed by atoms with E-state index in [9.17, 15) is 18.0 Å². The highest BCUT2D eigenvalue weighted by Crippen LogP contribution is 2.25. The van der Waals surface area contributed by atoms with Gasteiger partial charge in [0.2, 0.25) is 5.95 Å². The Morgan fingerprint density at radius 2 is 2.25 bits per heavy atom. The van der Waals surface area contributed by atoms with E-state index >= 15 is 0 Å². The maximum absolute atomic E-state index is 12.9. The van der Waals surface area contributed by atoms with E-state index in [-0.39, 0.29) is 12.1 Å². The lowest BCUT2D eigenvalue weighted by Gasteiger charge is -2.10. The molecule has 0 amide bonds. The summed E-state index contributed by atoms with van der Waals surface area (Å²) in [4.78, 5) is 14.4. The lowest BCUT2D eigenvalue weighted by molar-refractivity contribution is 0.0590. The van der Waals surface area contributed by atoms with Gasteiger partial charge in [0, 0.05) is 23.7 Å². The van der Waals surface area contributed by atoms with E-state index in [1.54, 1.807) is 0 Å². The van der Waals surface area contributed by atoms with Crippen molar-refractivity contribution in [3.63, 3.8) is 0 Å². The number of hydrogen-bond donors (Lipinski definition) is 1. The van der Waals surface area contributed by atoms with Crippen LogP contribution < -0.4 is 5.73 Å². The first kappa shape index (κ1) is 12.4. The molecule has 0 aliphatic heterocycles. The van der Waals surface area contributed by atoms with E-state index in [0.29, 0.717) is 6.07 Å². The van der Waals surface area contributed by atoms with Gasteiger partial charge in [-0.15, -0.1) is 0 Å². The van der Waals surface area contributed by atoms with E-state index in [1.807, 2.05) is 0 Å². The molecule has 0 bridgehead atoms. The Bertz CT molecular complexity index is 410. The van der Waals surface area contributed by atoms with Crippen molar-refractivity contribution in [3.05, 3.63) is 28.8 Å². The van der Waals surface area contributed by atoms with Crippen LogP contribution in [0.15, 0.2) is 6.07 Å². The Labute approximate surface area is 89.2 Å². The number of esters is 1. The highest BCUT2D eigenvalue weighted by atomic mass is 19.3. The van der Waals surface area contributed by atoms with Gasteiger partial charge in [-0.3, -0.25) is 0 Å². The number of methoxy groups -OCH3 is 1. The molecule has 1 aromatic rings. The molecule has 0 fully saturated rings. The summed E-state index contributed by atoms with van der Waals surface area (Å²) < 4.78 is 42.3. The number of halogens is 3. The number of aromatic nitrogens is 1. The minimum absolute atomic E-state index is 0.205. The van der Waals surface area contributed by atoms with Crippen LogP contribution >= 0.6 is 0 Å². The standard InChI is InChI=1S/C9H9F3N2O2/c1-16-9(15)7-5(3-13)4(8(11)12)2-6(10)14-7/h2,8H,3,13H2,1H3. The van der Waals surface area contributed by atoms with Crippen LogP contribution in [0.5, 0.6) is 0 Å². The molecule has 88 valence electrons. The Balaban J connectivity index is 3.41. The maximum atomic E-state index is 12.9. The molecule has 1 heterocycles. The maximum Gasteiger partial charge on any atom is 0.357 e. The number of hydrogen-bond acceptors (Lipinski definition) is 4. The minimum Gasteiger partial charge on any atom is -0.464 e. The Hall–Kier alpha value is -1.63. The number of ether oxygens (including phenoxy) is 1. The van der Waals surface area contributed by atoms with Crippen LogP contribution in [0.2, 0.25) is 0 Å². The molecule has 0 radical (unpaired) electrons. The molecule has 0 unspecified atom stereocenters. The molecule has 0 aliphatic carbocycles. The van der Waals surface area contributed by atoms with Crippen molar-refractivity contribution in [2.24, 2.45) is 5.73 Å². The predicted molar refractivity (Wildman–Crippen MR) is 48.4 cm³/mol. The molecule has 0 saturated heterocycles. The van der Waals surface area contributed by atoms with Gasteiger partial charge >= 0.3 is 5.97 Å². The fourth-order valence-electron chi connectivity index (χ4n) is 1.23. The first-order valence-electron chi connectivity index (χ1n) is 4.27. The van der Waals surface area contributed by atoms with Gasteiger partial charge in [-0.1, -0.05) is 0 Å². The minimum atomic E-state index is -2.93. The zero-order valence-electron chi connectivity index (χ0n) is 8.34. The average molecular weight is 234 g/mol. The molecule has 0 spiro atoms. The fourth-order valence-corrected chi connectivity index (χ4v) is 1.23. The van der Waals surface area contributed by atoms with Gasteiger partial charge in [0.05, 0.1) is 7.11 Å². The summed E-state index contributed by atoms with van der Waals surface area (Å²) in [7, 11) is 1.04. The molecule has 0 saturated carbocycles. The number of rotatable bonds is 3. The van der Waals surface area contributed by atoms with E-state index in [0.717, 1.165) is 7.11 Å². The van der Waals surface area contributed by atoms with Crippen molar-refractivity contribution in [2.75, 3.05) is 7.11 Å².